The molecule has 11 nitrogen and oxygen atoms in total. The second-order valence-electron chi connectivity index (χ2n) is 10.2. The van der Waals surface area contributed by atoms with Gasteiger partial charge in [-0.25, -0.2) is 14.5 Å². The second kappa shape index (κ2) is 12.1. The van der Waals surface area contributed by atoms with Gasteiger partial charge in [0.05, 0.1) is 18.4 Å². The van der Waals surface area contributed by atoms with Crippen molar-refractivity contribution in [3.05, 3.63) is 83.0 Å². The van der Waals surface area contributed by atoms with Crippen LogP contribution in [0.5, 0.6) is 0 Å². The van der Waals surface area contributed by atoms with E-state index in [1.54, 1.807) is 36.5 Å². The Hall–Kier alpha value is -3.48. The van der Waals surface area contributed by atoms with Gasteiger partial charge < -0.3 is 20.8 Å². The highest BCUT2D eigenvalue weighted by Crippen LogP contribution is 2.29. The summed E-state index contributed by atoms with van der Waals surface area (Å²) in [4.78, 5) is 32.0. The van der Waals surface area contributed by atoms with Crippen LogP contribution in [0.15, 0.2) is 60.9 Å². The summed E-state index contributed by atoms with van der Waals surface area (Å²) in [6.07, 6.45) is 6.25. The number of fused-ring (bicyclic) bond motifs is 1. The molecule has 2 amide bonds. The minimum absolute atomic E-state index is 0.0151. The number of quaternary nitrogens is 1. The third-order valence-electron chi connectivity index (χ3n) is 7.64. The van der Waals surface area contributed by atoms with Crippen molar-refractivity contribution in [1.82, 2.24) is 19.7 Å². The molecule has 1 aliphatic heterocycles. The van der Waals surface area contributed by atoms with Crippen LogP contribution in [0.25, 0.3) is 5.82 Å². The Morgan fingerprint density at radius 1 is 1.15 bits per heavy atom. The molecule has 0 radical (unpaired) electrons. The fourth-order valence-corrected chi connectivity index (χ4v) is 5.62. The molecule has 0 bridgehead atoms. The van der Waals surface area contributed by atoms with Crippen molar-refractivity contribution in [1.29, 1.82) is 0 Å². The number of ether oxygens (including phenoxy) is 1. The van der Waals surface area contributed by atoms with Crippen LogP contribution in [0.1, 0.15) is 47.3 Å². The lowest BCUT2D eigenvalue weighted by Crippen LogP contribution is -3.16. The Morgan fingerprint density at radius 3 is 2.74 bits per heavy atom. The van der Waals surface area contributed by atoms with Gasteiger partial charge in [0.15, 0.2) is 11.9 Å². The number of aliphatic hydroxyl groups excluding tert-OH is 1. The van der Waals surface area contributed by atoms with Crippen molar-refractivity contribution < 1.29 is 24.5 Å². The highest BCUT2D eigenvalue weighted by atomic mass is 16.5. The minimum Gasteiger partial charge on any atom is -0.626 e. The van der Waals surface area contributed by atoms with Gasteiger partial charge in [0.1, 0.15) is 11.6 Å². The van der Waals surface area contributed by atoms with Gasteiger partial charge in [-0.05, 0) is 36.6 Å². The summed E-state index contributed by atoms with van der Waals surface area (Å²) >= 11 is 0. The molecule has 2 aromatic heterocycles. The number of hydroxylamine groups is 2. The summed E-state index contributed by atoms with van der Waals surface area (Å²) in [6.45, 7) is 2.18. The van der Waals surface area contributed by atoms with E-state index in [0.29, 0.717) is 24.8 Å². The van der Waals surface area contributed by atoms with Crippen LogP contribution in [0.2, 0.25) is 0 Å². The van der Waals surface area contributed by atoms with Crippen LogP contribution in [0.4, 0.5) is 0 Å². The van der Waals surface area contributed by atoms with Gasteiger partial charge in [0.2, 0.25) is 0 Å². The number of nitrogens with one attached hydrogen (secondary N) is 1. The molecule has 5 rings (SSSR count). The summed E-state index contributed by atoms with van der Waals surface area (Å²) < 4.78 is 7.48. The number of hydrogen-bond donors (Lipinski definition) is 3. The number of carbonyl (C=O) groups excluding carboxylic acids is 2. The second-order valence-corrected chi connectivity index (χ2v) is 10.2. The molecule has 0 spiro atoms. The zero-order chi connectivity index (χ0) is 27.4. The summed E-state index contributed by atoms with van der Waals surface area (Å²) in [7, 11) is 0. The first-order valence-corrected chi connectivity index (χ1v) is 13.4. The molecule has 39 heavy (non-hydrogen) atoms. The van der Waals surface area contributed by atoms with E-state index in [0.717, 1.165) is 25.1 Å². The zero-order valence-electron chi connectivity index (χ0n) is 21.7. The van der Waals surface area contributed by atoms with Gasteiger partial charge in [-0.2, -0.15) is 5.10 Å². The zero-order valence-corrected chi connectivity index (χ0v) is 21.7. The van der Waals surface area contributed by atoms with Crippen LogP contribution >= 0.6 is 0 Å². The first-order valence-electron chi connectivity index (χ1n) is 13.4. The van der Waals surface area contributed by atoms with Crippen molar-refractivity contribution in [2.75, 3.05) is 13.2 Å². The van der Waals surface area contributed by atoms with Crippen molar-refractivity contribution in [2.24, 2.45) is 5.73 Å². The first kappa shape index (κ1) is 27.1. The summed E-state index contributed by atoms with van der Waals surface area (Å²) in [6, 6.07) is 12.8. The maximum absolute atomic E-state index is 13.5. The molecular weight excluding hydrogens is 500 g/mol. The number of aliphatic hydroxyl groups is 1. The highest BCUT2D eigenvalue weighted by molar-refractivity contribution is 5.91. The third kappa shape index (κ3) is 6.07. The normalized spacial score (nSPS) is 22.0. The van der Waals surface area contributed by atoms with Crippen LogP contribution < -0.4 is 10.8 Å². The SMILES string of the molecule is NC(=O)C(O)C(Cc1ccccc1)[NH+]([O-])C(=O)c1cccnc1-n1ccc(CN2CCOC3CCCCC32)n1. The molecule has 2 fully saturated rings. The first-order chi connectivity index (χ1) is 18.9. The largest absolute Gasteiger partial charge is 0.626 e. The molecule has 206 valence electrons. The molecule has 1 saturated carbocycles. The van der Waals surface area contributed by atoms with Gasteiger partial charge in [0, 0.05) is 37.9 Å². The molecule has 1 aliphatic carbocycles. The molecule has 5 atom stereocenters. The van der Waals surface area contributed by atoms with Gasteiger partial charge in [-0.1, -0.05) is 43.2 Å². The predicted molar refractivity (Wildman–Crippen MR) is 142 cm³/mol. The van der Waals surface area contributed by atoms with E-state index in [1.807, 2.05) is 12.1 Å². The van der Waals surface area contributed by atoms with E-state index in [1.165, 1.54) is 29.8 Å². The molecule has 3 heterocycles. The number of nitrogens with zero attached hydrogens (tertiary/aromatic N) is 4. The standard InChI is InChI=1S/C28H34N6O5/c29-26(36)25(35)23(17-19-7-2-1-3-8-19)34(38)28(37)21-9-6-13-30-27(21)33-14-12-20(31-33)18-32-15-16-39-24-11-5-4-10-22(24)32/h1-3,6-9,12-14,22-25,34-35H,4-5,10-11,15-18H2,(H2,29,36). The van der Waals surface area contributed by atoms with E-state index in [9.17, 15) is 19.9 Å². The van der Waals surface area contributed by atoms with Crippen LogP contribution in [0, 0.1) is 5.21 Å². The van der Waals surface area contributed by atoms with Gasteiger partial charge >= 0.3 is 5.91 Å². The molecule has 11 heteroatoms. The van der Waals surface area contributed by atoms with Crippen LogP contribution in [0.3, 0.4) is 0 Å². The fraction of sp³-hybridized carbons (Fsp3) is 0.429. The maximum atomic E-state index is 13.5. The van der Waals surface area contributed by atoms with E-state index >= 15 is 0 Å². The number of nitrogens with two attached hydrogens (primary N) is 1. The quantitative estimate of drug-likeness (QED) is 0.334. The molecule has 5 unspecified atom stereocenters. The molecular formula is C28H34N6O5. The Kier molecular flexibility index (Phi) is 8.44. The van der Waals surface area contributed by atoms with Crippen molar-refractivity contribution in [3.8, 4) is 5.82 Å². The monoisotopic (exact) mass is 534 g/mol. The predicted octanol–water partition coefficient (Wildman–Crippen LogP) is 0.391. The molecule has 3 aromatic rings. The van der Waals surface area contributed by atoms with Crippen LogP contribution in [-0.2, 0) is 22.5 Å². The summed E-state index contributed by atoms with van der Waals surface area (Å²) in [5.74, 6) is -1.73. The number of primary amides is 1. The molecule has 4 N–H and O–H groups in total. The Balaban J connectivity index is 1.36. The third-order valence-corrected chi connectivity index (χ3v) is 7.64. The molecule has 2 aliphatic rings. The average Bonchev–Trinajstić information content (AvgIpc) is 3.44. The smallest absolute Gasteiger partial charge is 0.348 e. The Bertz CT molecular complexity index is 1280. The number of carbonyl (C=O) groups is 2. The Morgan fingerprint density at radius 2 is 1.95 bits per heavy atom. The number of rotatable bonds is 9. The number of pyridine rings is 1. The van der Waals surface area contributed by atoms with E-state index in [-0.39, 0.29) is 23.9 Å². The molecule has 1 saturated heterocycles. The number of benzene rings is 1. The van der Waals surface area contributed by atoms with Gasteiger partial charge in [-0.3, -0.25) is 14.8 Å². The average molecular weight is 535 g/mol. The van der Waals surface area contributed by atoms with Gasteiger partial charge in [-0.15, -0.1) is 0 Å². The van der Waals surface area contributed by atoms with Crippen molar-refractivity contribution >= 4 is 11.8 Å². The summed E-state index contributed by atoms with van der Waals surface area (Å²) in [5, 5.41) is 27.6. The minimum atomic E-state index is -1.81. The van der Waals surface area contributed by atoms with Crippen molar-refractivity contribution in [3.63, 3.8) is 0 Å². The molecule has 1 aromatic carbocycles. The van der Waals surface area contributed by atoms with Crippen molar-refractivity contribution in [2.45, 2.75) is 62.9 Å². The van der Waals surface area contributed by atoms with E-state index in [4.69, 9.17) is 10.5 Å². The topological polar surface area (TPSA) is 151 Å². The lowest BCUT2D eigenvalue weighted by atomic mass is 9.90. The van der Waals surface area contributed by atoms with E-state index in [2.05, 4.69) is 15.0 Å². The number of aromatic nitrogens is 3. The van der Waals surface area contributed by atoms with Gasteiger partial charge in [0.25, 0.3) is 5.91 Å². The number of amides is 2. The highest BCUT2D eigenvalue weighted by Gasteiger charge is 2.36. The Labute approximate surface area is 226 Å². The lowest BCUT2D eigenvalue weighted by Gasteiger charge is -2.43. The number of morpholine rings is 1. The van der Waals surface area contributed by atoms with E-state index < -0.39 is 29.0 Å². The summed E-state index contributed by atoms with van der Waals surface area (Å²) in [5.41, 5.74) is 6.86. The lowest BCUT2D eigenvalue weighted by molar-refractivity contribution is -0.792. The fourth-order valence-electron chi connectivity index (χ4n) is 5.62. The maximum Gasteiger partial charge on any atom is 0.348 e. The number of hydrogen-bond acceptors (Lipinski definition) is 8. The van der Waals surface area contributed by atoms with Crippen LogP contribution in [-0.4, -0.2) is 74.0 Å².